The predicted octanol–water partition coefficient (Wildman–Crippen LogP) is 4.81. The van der Waals surface area contributed by atoms with Crippen molar-refractivity contribution >= 4 is 11.6 Å². The first-order chi connectivity index (χ1) is 13.2. The molecule has 0 N–H and O–H groups in total. The number of nitrogens with zero attached hydrogens (tertiary/aromatic N) is 4. The van der Waals surface area contributed by atoms with E-state index in [1.165, 1.54) is 0 Å². The molecule has 4 rings (SSSR count). The molecule has 140 valence electrons. The molecule has 5 nitrogen and oxygen atoms in total. The Labute approximate surface area is 164 Å². The third kappa shape index (κ3) is 3.98. The SMILES string of the molecule is Cc1nnc([C@H]2CC[C@H](Oc3ccccn3)CC2)n1-c1ccc(CCl)cc1. The molecule has 1 aliphatic carbocycles. The van der Waals surface area contributed by atoms with Gasteiger partial charge in [-0.25, -0.2) is 4.98 Å². The molecule has 0 aliphatic heterocycles. The molecule has 1 fully saturated rings. The van der Waals surface area contributed by atoms with Crippen LogP contribution in [0.2, 0.25) is 0 Å². The summed E-state index contributed by atoms with van der Waals surface area (Å²) in [6.45, 7) is 2.00. The zero-order valence-corrected chi connectivity index (χ0v) is 16.1. The van der Waals surface area contributed by atoms with E-state index in [0.29, 0.717) is 17.7 Å². The molecule has 0 spiro atoms. The highest BCUT2D eigenvalue weighted by molar-refractivity contribution is 6.17. The maximum atomic E-state index is 6.02. The maximum Gasteiger partial charge on any atom is 0.213 e. The van der Waals surface area contributed by atoms with Gasteiger partial charge in [0.1, 0.15) is 17.8 Å². The molecule has 0 radical (unpaired) electrons. The van der Waals surface area contributed by atoms with Crippen molar-refractivity contribution in [2.24, 2.45) is 0 Å². The highest BCUT2D eigenvalue weighted by atomic mass is 35.5. The van der Waals surface area contributed by atoms with Crippen molar-refractivity contribution < 1.29 is 4.74 Å². The summed E-state index contributed by atoms with van der Waals surface area (Å²) in [7, 11) is 0. The van der Waals surface area contributed by atoms with E-state index < -0.39 is 0 Å². The lowest BCUT2D eigenvalue weighted by atomic mass is 9.86. The predicted molar refractivity (Wildman–Crippen MR) is 106 cm³/mol. The van der Waals surface area contributed by atoms with E-state index in [2.05, 4.69) is 44.0 Å². The lowest BCUT2D eigenvalue weighted by Gasteiger charge is -2.28. The molecule has 1 saturated carbocycles. The standard InChI is InChI=1S/C21H23ClN4O/c1-15-24-25-21(26(15)18-9-5-16(14-22)6-10-18)17-7-11-19(12-8-17)27-20-4-2-3-13-23-20/h2-6,9-10,13,17,19H,7-8,11-12,14H2,1H3/t17-,19-. The van der Waals surface area contributed by atoms with Gasteiger partial charge < -0.3 is 4.74 Å². The van der Waals surface area contributed by atoms with Gasteiger partial charge in [0, 0.05) is 29.7 Å². The van der Waals surface area contributed by atoms with Gasteiger partial charge in [0.2, 0.25) is 5.88 Å². The molecule has 6 heteroatoms. The van der Waals surface area contributed by atoms with Gasteiger partial charge >= 0.3 is 0 Å². The van der Waals surface area contributed by atoms with Gasteiger partial charge in [0.25, 0.3) is 0 Å². The minimum absolute atomic E-state index is 0.219. The van der Waals surface area contributed by atoms with E-state index in [-0.39, 0.29) is 6.10 Å². The van der Waals surface area contributed by atoms with Crippen LogP contribution in [0.25, 0.3) is 5.69 Å². The summed E-state index contributed by atoms with van der Waals surface area (Å²) in [6.07, 6.45) is 6.06. The van der Waals surface area contributed by atoms with Crippen LogP contribution in [-0.2, 0) is 5.88 Å². The van der Waals surface area contributed by atoms with Crippen molar-refractivity contribution in [1.82, 2.24) is 19.7 Å². The molecule has 3 aromatic rings. The fourth-order valence-corrected chi connectivity index (χ4v) is 3.90. The molecule has 1 aromatic carbocycles. The smallest absolute Gasteiger partial charge is 0.213 e. The van der Waals surface area contributed by atoms with Gasteiger partial charge in [-0.3, -0.25) is 4.57 Å². The summed E-state index contributed by atoms with van der Waals surface area (Å²) in [4.78, 5) is 4.26. The van der Waals surface area contributed by atoms with Crippen LogP contribution in [0, 0.1) is 6.92 Å². The second-order valence-corrected chi connectivity index (χ2v) is 7.27. The molecule has 2 heterocycles. The average molecular weight is 383 g/mol. The zero-order valence-electron chi connectivity index (χ0n) is 15.4. The molecule has 1 aliphatic rings. The minimum Gasteiger partial charge on any atom is -0.474 e. The summed E-state index contributed by atoms with van der Waals surface area (Å²) in [5.41, 5.74) is 2.20. The second-order valence-electron chi connectivity index (χ2n) is 7.00. The summed E-state index contributed by atoms with van der Waals surface area (Å²) in [5, 5.41) is 8.84. The molecule has 27 heavy (non-hydrogen) atoms. The van der Waals surface area contributed by atoms with Crippen molar-refractivity contribution in [2.45, 2.75) is 50.5 Å². The van der Waals surface area contributed by atoms with E-state index >= 15 is 0 Å². The number of hydrogen-bond donors (Lipinski definition) is 0. The van der Waals surface area contributed by atoms with E-state index in [1.54, 1.807) is 6.20 Å². The Kier molecular flexibility index (Phi) is 5.39. The Hall–Kier alpha value is -2.40. The van der Waals surface area contributed by atoms with Gasteiger partial charge in [-0.1, -0.05) is 18.2 Å². The number of benzene rings is 1. The number of aryl methyl sites for hydroxylation is 1. The monoisotopic (exact) mass is 382 g/mol. The van der Waals surface area contributed by atoms with Crippen molar-refractivity contribution in [3.63, 3.8) is 0 Å². The normalized spacial score (nSPS) is 19.8. The first kappa shape index (κ1) is 18.0. The van der Waals surface area contributed by atoms with Crippen LogP contribution in [0.1, 0.15) is 48.8 Å². The quantitative estimate of drug-likeness (QED) is 0.594. The fourth-order valence-electron chi connectivity index (χ4n) is 3.72. The first-order valence-corrected chi connectivity index (χ1v) is 9.93. The Balaban J connectivity index is 1.47. The molecule has 0 unspecified atom stereocenters. The third-order valence-corrected chi connectivity index (χ3v) is 5.47. The summed E-state index contributed by atoms with van der Waals surface area (Å²) in [6, 6.07) is 14.1. The fraction of sp³-hybridized carbons (Fsp3) is 0.381. The van der Waals surface area contributed by atoms with Crippen LogP contribution in [0.4, 0.5) is 0 Å². The Morgan fingerprint density at radius 1 is 1.04 bits per heavy atom. The first-order valence-electron chi connectivity index (χ1n) is 9.39. The molecule has 2 aromatic heterocycles. The van der Waals surface area contributed by atoms with Gasteiger partial charge in [0.05, 0.1) is 0 Å². The van der Waals surface area contributed by atoms with E-state index in [1.807, 2.05) is 25.1 Å². The van der Waals surface area contributed by atoms with Crippen molar-refractivity contribution in [1.29, 1.82) is 0 Å². The number of hydrogen-bond acceptors (Lipinski definition) is 4. The minimum atomic E-state index is 0.219. The van der Waals surface area contributed by atoms with Crippen LogP contribution in [-0.4, -0.2) is 25.9 Å². The lowest BCUT2D eigenvalue weighted by Crippen LogP contribution is -2.25. The third-order valence-electron chi connectivity index (χ3n) is 5.16. The largest absolute Gasteiger partial charge is 0.474 e. The van der Waals surface area contributed by atoms with Crippen LogP contribution in [0.3, 0.4) is 0 Å². The topological polar surface area (TPSA) is 52.8 Å². The number of ether oxygens (including phenoxy) is 1. The van der Waals surface area contributed by atoms with Gasteiger partial charge in [-0.2, -0.15) is 0 Å². The Morgan fingerprint density at radius 3 is 2.48 bits per heavy atom. The van der Waals surface area contributed by atoms with Crippen LogP contribution in [0.5, 0.6) is 5.88 Å². The van der Waals surface area contributed by atoms with Crippen molar-refractivity contribution in [3.05, 3.63) is 65.9 Å². The van der Waals surface area contributed by atoms with Gasteiger partial charge in [-0.15, -0.1) is 21.8 Å². The van der Waals surface area contributed by atoms with Crippen LogP contribution in [0.15, 0.2) is 48.7 Å². The summed E-state index contributed by atoms with van der Waals surface area (Å²) in [5.74, 6) is 3.58. The summed E-state index contributed by atoms with van der Waals surface area (Å²) >= 11 is 5.91. The van der Waals surface area contributed by atoms with E-state index in [9.17, 15) is 0 Å². The van der Waals surface area contributed by atoms with Gasteiger partial charge in [0.15, 0.2) is 0 Å². The van der Waals surface area contributed by atoms with Crippen LogP contribution < -0.4 is 4.74 Å². The number of alkyl halides is 1. The molecular formula is C21H23ClN4O. The van der Waals surface area contributed by atoms with E-state index in [4.69, 9.17) is 16.3 Å². The number of pyridine rings is 1. The second kappa shape index (κ2) is 8.09. The van der Waals surface area contributed by atoms with Gasteiger partial charge in [-0.05, 0) is 56.4 Å². The highest BCUT2D eigenvalue weighted by Gasteiger charge is 2.28. The molecular weight excluding hydrogens is 360 g/mol. The molecule has 0 atom stereocenters. The van der Waals surface area contributed by atoms with Crippen molar-refractivity contribution in [2.75, 3.05) is 0 Å². The highest BCUT2D eigenvalue weighted by Crippen LogP contribution is 2.34. The van der Waals surface area contributed by atoms with Crippen molar-refractivity contribution in [3.8, 4) is 11.6 Å². The average Bonchev–Trinajstić information content (AvgIpc) is 3.11. The van der Waals surface area contributed by atoms with E-state index in [0.717, 1.165) is 48.6 Å². The number of halogens is 1. The zero-order chi connectivity index (χ0) is 18.6. The number of rotatable bonds is 5. The maximum absolute atomic E-state index is 6.02. The Bertz CT molecular complexity index is 871. The molecule has 0 saturated heterocycles. The Morgan fingerprint density at radius 2 is 1.81 bits per heavy atom. The van der Waals surface area contributed by atoms with Crippen LogP contribution >= 0.6 is 11.6 Å². The number of aromatic nitrogens is 4. The molecule has 0 amide bonds. The lowest BCUT2D eigenvalue weighted by molar-refractivity contribution is 0.139. The summed E-state index contributed by atoms with van der Waals surface area (Å²) < 4.78 is 8.19. The molecule has 0 bridgehead atoms.